The number of anilines is 1. The Morgan fingerprint density at radius 1 is 1.24 bits per heavy atom. The van der Waals surface area contributed by atoms with Crippen LogP contribution in [-0.4, -0.2) is 48.4 Å². The number of amides is 1. The topological polar surface area (TPSA) is 35.6 Å². The lowest BCUT2D eigenvalue weighted by Gasteiger charge is -2.22. The minimum absolute atomic E-state index is 0. The summed E-state index contributed by atoms with van der Waals surface area (Å²) in [5.41, 5.74) is 4.19. The van der Waals surface area contributed by atoms with E-state index in [4.69, 9.17) is 0 Å². The number of rotatable bonds is 2. The molecule has 0 unspecified atom stereocenters. The van der Waals surface area contributed by atoms with E-state index < -0.39 is 0 Å². The Kier molecular flexibility index (Phi) is 5.48. The van der Waals surface area contributed by atoms with Gasteiger partial charge in [0.05, 0.1) is 0 Å². The molecule has 2 aliphatic rings. The number of fused-ring (bicyclic) bond motifs is 1. The Bertz CT molecular complexity index is 506. The van der Waals surface area contributed by atoms with E-state index in [9.17, 15) is 4.79 Å². The second-order valence-corrected chi connectivity index (χ2v) is 5.76. The first-order valence-corrected chi connectivity index (χ1v) is 7.56. The van der Waals surface area contributed by atoms with Crippen LogP contribution in [0.5, 0.6) is 0 Å². The summed E-state index contributed by atoms with van der Waals surface area (Å²) in [5, 5.41) is 3.51. The molecular formula is C16H24ClN3O. The molecule has 1 saturated heterocycles. The molecule has 4 nitrogen and oxygen atoms in total. The zero-order chi connectivity index (χ0) is 13.9. The predicted molar refractivity (Wildman–Crippen MR) is 88.0 cm³/mol. The molecule has 1 N–H and O–H groups in total. The third-order valence-corrected chi connectivity index (χ3v) is 4.36. The van der Waals surface area contributed by atoms with Crippen molar-refractivity contribution in [3.05, 3.63) is 29.3 Å². The van der Waals surface area contributed by atoms with Gasteiger partial charge in [-0.15, -0.1) is 12.4 Å². The molecule has 5 heteroatoms. The number of carbonyl (C=O) groups excluding carboxylic acids is 1. The quantitative estimate of drug-likeness (QED) is 0.909. The van der Waals surface area contributed by atoms with Gasteiger partial charge in [-0.05, 0) is 24.0 Å². The molecule has 1 amide bonds. The molecule has 116 valence electrons. The average molecular weight is 310 g/mol. The maximum absolute atomic E-state index is 11.5. The highest BCUT2D eigenvalue weighted by Crippen LogP contribution is 2.27. The lowest BCUT2D eigenvalue weighted by Crippen LogP contribution is -2.33. The van der Waals surface area contributed by atoms with Gasteiger partial charge in [-0.3, -0.25) is 9.69 Å². The summed E-state index contributed by atoms with van der Waals surface area (Å²) >= 11 is 0. The maximum atomic E-state index is 11.5. The highest BCUT2D eigenvalue weighted by Gasteiger charge is 2.19. The van der Waals surface area contributed by atoms with E-state index in [1.165, 1.54) is 16.8 Å². The Labute approximate surface area is 132 Å². The second kappa shape index (κ2) is 7.14. The van der Waals surface area contributed by atoms with Gasteiger partial charge in [0.2, 0.25) is 5.91 Å². The van der Waals surface area contributed by atoms with Crippen LogP contribution in [0.25, 0.3) is 0 Å². The van der Waals surface area contributed by atoms with Crippen LogP contribution >= 0.6 is 12.4 Å². The van der Waals surface area contributed by atoms with Gasteiger partial charge in [-0.1, -0.05) is 18.2 Å². The molecule has 0 aromatic heterocycles. The van der Waals surface area contributed by atoms with Crippen molar-refractivity contribution in [2.24, 2.45) is 0 Å². The normalized spacial score (nSPS) is 18.4. The summed E-state index contributed by atoms with van der Waals surface area (Å²) in [4.78, 5) is 15.9. The van der Waals surface area contributed by atoms with Crippen LogP contribution in [0.4, 0.5) is 5.69 Å². The van der Waals surface area contributed by atoms with Crippen LogP contribution in [-0.2, 0) is 17.8 Å². The van der Waals surface area contributed by atoms with E-state index in [2.05, 4.69) is 28.4 Å². The van der Waals surface area contributed by atoms with E-state index >= 15 is 0 Å². The summed E-state index contributed by atoms with van der Waals surface area (Å²) in [5.74, 6) is 0.203. The standard InChI is InChI=1S/C16H23N3O.ClH/c1-13(20)19-9-3-8-18(10-11-19)12-15-5-2-4-14-6-7-17-16(14)15;/h2,4-5,17H,3,6-12H2,1H3;1H. The minimum atomic E-state index is 0. The second-order valence-electron chi connectivity index (χ2n) is 5.76. The minimum Gasteiger partial charge on any atom is -0.384 e. The number of hydrogen-bond donors (Lipinski definition) is 1. The predicted octanol–water partition coefficient (Wildman–Crippen LogP) is 2.13. The number of carbonyl (C=O) groups is 1. The van der Waals surface area contributed by atoms with Crippen molar-refractivity contribution >= 4 is 24.0 Å². The van der Waals surface area contributed by atoms with Crippen molar-refractivity contribution in [2.75, 3.05) is 38.0 Å². The third kappa shape index (κ3) is 3.69. The zero-order valence-electron chi connectivity index (χ0n) is 12.6. The zero-order valence-corrected chi connectivity index (χ0v) is 13.4. The Hall–Kier alpha value is -1.26. The van der Waals surface area contributed by atoms with E-state index in [-0.39, 0.29) is 18.3 Å². The van der Waals surface area contributed by atoms with Crippen molar-refractivity contribution < 1.29 is 4.79 Å². The number of nitrogens with zero attached hydrogens (tertiary/aromatic N) is 2. The number of benzene rings is 1. The van der Waals surface area contributed by atoms with Crippen molar-refractivity contribution in [3.63, 3.8) is 0 Å². The van der Waals surface area contributed by atoms with Gasteiger partial charge < -0.3 is 10.2 Å². The molecule has 21 heavy (non-hydrogen) atoms. The van der Waals surface area contributed by atoms with E-state index in [1.807, 2.05) is 4.90 Å². The summed E-state index contributed by atoms with van der Waals surface area (Å²) in [6, 6.07) is 6.62. The molecule has 3 rings (SSSR count). The molecule has 0 aliphatic carbocycles. The summed E-state index contributed by atoms with van der Waals surface area (Å²) in [7, 11) is 0. The fourth-order valence-electron chi connectivity index (χ4n) is 3.23. The Morgan fingerprint density at radius 2 is 2.10 bits per heavy atom. The first-order valence-electron chi connectivity index (χ1n) is 7.56. The van der Waals surface area contributed by atoms with Gasteiger partial charge in [-0.2, -0.15) is 0 Å². The first-order chi connectivity index (χ1) is 9.74. The smallest absolute Gasteiger partial charge is 0.219 e. The van der Waals surface area contributed by atoms with E-state index in [0.29, 0.717) is 0 Å². The summed E-state index contributed by atoms with van der Waals surface area (Å²) in [6.07, 6.45) is 2.21. The Balaban J connectivity index is 0.00000161. The highest BCUT2D eigenvalue weighted by molar-refractivity contribution is 5.85. The Morgan fingerprint density at radius 3 is 2.90 bits per heavy atom. The number of para-hydroxylation sites is 1. The van der Waals surface area contributed by atoms with Crippen LogP contribution in [0.15, 0.2) is 18.2 Å². The van der Waals surface area contributed by atoms with Crippen LogP contribution in [0.1, 0.15) is 24.5 Å². The van der Waals surface area contributed by atoms with Gasteiger partial charge in [0, 0.05) is 51.9 Å². The molecule has 2 heterocycles. The number of hydrogen-bond acceptors (Lipinski definition) is 3. The number of halogens is 1. The molecule has 0 atom stereocenters. The van der Waals surface area contributed by atoms with E-state index in [1.54, 1.807) is 6.92 Å². The van der Waals surface area contributed by atoms with Crippen LogP contribution in [0, 0.1) is 0 Å². The molecular weight excluding hydrogens is 286 g/mol. The SMILES string of the molecule is CC(=O)N1CCCN(Cc2cccc3c2NCC3)CC1.Cl. The fourth-order valence-corrected chi connectivity index (χ4v) is 3.23. The van der Waals surface area contributed by atoms with Gasteiger partial charge in [-0.25, -0.2) is 0 Å². The van der Waals surface area contributed by atoms with Crippen molar-refractivity contribution in [2.45, 2.75) is 26.3 Å². The molecule has 1 aromatic carbocycles. The molecule has 1 fully saturated rings. The molecule has 0 radical (unpaired) electrons. The highest BCUT2D eigenvalue weighted by atomic mass is 35.5. The lowest BCUT2D eigenvalue weighted by atomic mass is 10.1. The van der Waals surface area contributed by atoms with Crippen molar-refractivity contribution in [1.82, 2.24) is 9.80 Å². The van der Waals surface area contributed by atoms with Crippen LogP contribution in [0.3, 0.4) is 0 Å². The van der Waals surface area contributed by atoms with Gasteiger partial charge in [0.25, 0.3) is 0 Å². The van der Waals surface area contributed by atoms with Crippen molar-refractivity contribution in [3.8, 4) is 0 Å². The summed E-state index contributed by atoms with van der Waals surface area (Å²) < 4.78 is 0. The molecule has 0 saturated carbocycles. The largest absolute Gasteiger partial charge is 0.384 e. The average Bonchev–Trinajstić information content (AvgIpc) is 2.79. The van der Waals surface area contributed by atoms with Crippen molar-refractivity contribution in [1.29, 1.82) is 0 Å². The maximum Gasteiger partial charge on any atom is 0.219 e. The number of nitrogens with one attached hydrogen (secondary N) is 1. The lowest BCUT2D eigenvalue weighted by molar-refractivity contribution is -0.128. The first kappa shape index (κ1) is 16.1. The molecule has 0 bridgehead atoms. The van der Waals surface area contributed by atoms with Gasteiger partial charge >= 0.3 is 0 Å². The molecule has 1 aromatic rings. The monoisotopic (exact) mass is 309 g/mol. The van der Waals surface area contributed by atoms with Crippen LogP contribution in [0.2, 0.25) is 0 Å². The van der Waals surface area contributed by atoms with Crippen LogP contribution < -0.4 is 5.32 Å². The van der Waals surface area contributed by atoms with E-state index in [0.717, 1.165) is 52.1 Å². The fraction of sp³-hybridized carbons (Fsp3) is 0.562. The third-order valence-electron chi connectivity index (χ3n) is 4.36. The molecule has 2 aliphatic heterocycles. The molecule has 0 spiro atoms. The summed E-state index contributed by atoms with van der Waals surface area (Å²) in [6.45, 7) is 7.53. The van der Waals surface area contributed by atoms with Gasteiger partial charge in [0.1, 0.15) is 0 Å². The van der Waals surface area contributed by atoms with Gasteiger partial charge in [0.15, 0.2) is 0 Å².